The SMILES string of the molecule is Cc1c[nH]cc1C(=O)Nc1cnn(C(C)C2CC2)c1. The van der Waals surface area contributed by atoms with Crippen molar-refractivity contribution < 1.29 is 4.79 Å². The fourth-order valence-corrected chi connectivity index (χ4v) is 2.30. The maximum atomic E-state index is 12.1. The molecule has 0 radical (unpaired) electrons. The molecular weight excluding hydrogens is 240 g/mol. The maximum Gasteiger partial charge on any atom is 0.257 e. The summed E-state index contributed by atoms with van der Waals surface area (Å²) in [7, 11) is 0. The van der Waals surface area contributed by atoms with Gasteiger partial charge >= 0.3 is 0 Å². The van der Waals surface area contributed by atoms with Crippen LogP contribution in [0.1, 0.15) is 41.7 Å². The lowest BCUT2D eigenvalue weighted by Crippen LogP contribution is -2.12. The van der Waals surface area contributed by atoms with Gasteiger partial charge in [0.05, 0.1) is 23.5 Å². The average molecular weight is 258 g/mol. The predicted molar refractivity (Wildman–Crippen MR) is 73.1 cm³/mol. The quantitative estimate of drug-likeness (QED) is 0.885. The van der Waals surface area contributed by atoms with Gasteiger partial charge in [0.2, 0.25) is 0 Å². The van der Waals surface area contributed by atoms with E-state index >= 15 is 0 Å². The molecule has 1 fully saturated rings. The van der Waals surface area contributed by atoms with Crippen molar-refractivity contribution in [1.82, 2.24) is 14.8 Å². The van der Waals surface area contributed by atoms with E-state index in [1.54, 1.807) is 12.4 Å². The minimum absolute atomic E-state index is 0.0997. The van der Waals surface area contributed by atoms with E-state index in [9.17, 15) is 4.79 Å². The number of rotatable bonds is 4. The summed E-state index contributed by atoms with van der Waals surface area (Å²) in [6, 6.07) is 0.416. The van der Waals surface area contributed by atoms with Gasteiger partial charge in [-0.25, -0.2) is 0 Å². The van der Waals surface area contributed by atoms with Gasteiger partial charge in [0.1, 0.15) is 0 Å². The Bertz CT molecular complexity index is 594. The van der Waals surface area contributed by atoms with Crippen LogP contribution in [0.25, 0.3) is 0 Å². The first-order chi connectivity index (χ1) is 9.15. The fraction of sp³-hybridized carbons (Fsp3) is 0.429. The Morgan fingerprint density at radius 3 is 2.95 bits per heavy atom. The lowest BCUT2D eigenvalue weighted by molar-refractivity contribution is 0.102. The third kappa shape index (κ3) is 2.41. The summed E-state index contributed by atoms with van der Waals surface area (Å²) in [5.41, 5.74) is 2.36. The van der Waals surface area contributed by atoms with E-state index in [1.807, 2.05) is 24.0 Å². The molecule has 1 aliphatic carbocycles. The number of anilines is 1. The largest absolute Gasteiger partial charge is 0.367 e. The summed E-state index contributed by atoms with van der Waals surface area (Å²) in [6.07, 6.45) is 9.70. The van der Waals surface area contributed by atoms with E-state index in [0.717, 1.165) is 17.2 Å². The fourth-order valence-electron chi connectivity index (χ4n) is 2.30. The van der Waals surface area contributed by atoms with E-state index in [4.69, 9.17) is 0 Å². The van der Waals surface area contributed by atoms with E-state index in [2.05, 4.69) is 22.3 Å². The average Bonchev–Trinajstić information content (AvgIpc) is 2.99. The third-order valence-electron chi connectivity index (χ3n) is 3.78. The van der Waals surface area contributed by atoms with Crippen molar-refractivity contribution >= 4 is 11.6 Å². The highest BCUT2D eigenvalue weighted by Crippen LogP contribution is 2.39. The molecule has 2 aromatic heterocycles. The second kappa shape index (κ2) is 4.57. The number of carbonyl (C=O) groups is 1. The molecule has 1 unspecified atom stereocenters. The van der Waals surface area contributed by atoms with Gasteiger partial charge < -0.3 is 10.3 Å². The van der Waals surface area contributed by atoms with Crippen molar-refractivity contribution in [3.05, 3.63) is 35.9 Å². The van der Waals surface area contributed by atoms with E-state index in [1.165, 1.54) is 12.8 Å². The number of H-pyrrole nitrogens is 1. The zero-order valence-electron chi connectivity index (χ0n) is 11.2. The summed E-state index contributed by atoms with van der Waals surface area (Å²) in [5, 5.41) is 7.21. The van der Waals surface area contributed by atoms with Crippen molar-refractivity contribution in [1.29, 1.82) is 0 Å². The zero-order chi connectivity index (χ0) is 13.4. The first-order valence-corrected chi connectivity index (χ1v) is 6.64. The number of hydrogen-bond acceptors (Lipinski definition) is 2. The molecule has 5 heteroatoms. The van der Waals surface area contributed by atoms with Crippen LogP contribution in [0.4, 0.5) is 5.69 Å². The normalized spacial score (nSPS) is 16.3. The molecule has 0 aliphatic heterocycles. The molecule has 1 saturated carbocycles. The molecule has 19 heavy (non-hydrogen) atoms. The Morgan fingerprint density at radius 2 is 2.32 bits per heavy atom. The molecule has 0 saturated heterocycles. The second-order valence-corrected chi connectivity index (χ2v) is 5.29. The molecule has 2 heterocycles. The number of nitrogens with one attached hydrogen (secondary N) is 2. The van der Waals surface area contributed by atoms with E-state index in [0.29, 0.717) is 11.6 Å². The summed E-state index contributed by atoms with van der Waals surface area (Å²) in [5.74, 6) is 0.646. The topological polar surface area (TPSA) is 62.7 Å². The highest BCUT2D eigenvalue weighted by molar-refractivity contribution is 6.05. The Labute approximate surface area is 112 Å². The van der Waals surface area contributed by atoms with Gasteiger partial charge in [0.25, 0.3) is 5.91 Å². The summed E-state index contributed by atoms with van der Waals surface area (Å²) in [4.78, 5) is 15.0. The molecule has 2 aromatic rings. The molecule has 1 aliphatic rings. The number of nitrogens with zero attached hydrogens (tertiary/aromatic N) is 2. The van der Waals surface area contributed by atoms with Gasteiger partial charge in [0.15, 0.2) is 0 Å². The molecule has 1 atom stereocenters. The van der Waals surface area contributed by atoms with E-state index < -0.39 is 0 Å². The molecule has 100 valence electrons. The van der Waals surface area contributed by atoms with Gasteiger partial charge in [-0.15, -0.1) is 0 Å². The van der Waals surface area contributed by atoms with Gasteiger partial charge in [-0.3, -0.25) is 9.48 Å². The van der Waals surface area contributed by atoms with Gasteiger partial charge in [-0.1, -0.05) is 0 Å². The van der Waals surface area contributed by atoms with Crippen molar-refractivity contribution in [2.24, 2.45) is 5.92 Å². The van der Waals surface area contributed by atoms with Crippen LogP contribution in [0.5, 0.6) is 0 Å². The van der Waals surface area contributed by atoms with E-state index in [-0.39, 0.29) is 5.91 Å². The van der Waals surface area contributed by atoms with Crippen LogP contribution in [-0.4, -0.2) is 20.7 Å². The van der Waals surface area contributed by atoms with Crippen molar-refractivity contribution in [3.63, 3.8) is 0 Å². The lowest BCUT2D eigenvalue weighted by atomic mass is 10.2. The van der Waals surface area contributed by atoms with Crippen LogP contribution in [0.2, 0.25) is 0 Å². The van der Waals surface area contributed by atoms with Crippen LogP contribution in [0.3, 0.4) is 0 Å². The molecule has 0 bridgehead atoms. The Morgan fingerprint density at radius 1 is 1.53 bits per heavy atom. The number of amides is 1. The smallest absolute Gasteiger partial charge is 0.257 e. The van der Waals surface area contributed by atoms with Gasteiger partial charge in [-0.05, 0) is 38.2 Å². The first kappa shape index (κ1) is 12.0. The van der Waals surface area contributed by atoms with Gasteiger partial charge in [-0.2, -0.15) is 5.10 Å². The minimum Gasteiger partial charge on any atom is -0.367 e. The third-order valence-corrected chi connectivity index (χ3v) is 3.78. The highest BCUT2D eigenvalue weighted by Gasteiger charge is 2.29. The Balaban J connectivity index is 1.70. The Kier molecular flexibility index (Phi) is 2.89. The molecule has 3 rings (SSSR count). The van der Waals surface area contributed by atoms with Crippen LogP contribution in [-0.2, 0) is 0 Å². The summed E-state index contributed by atoms with van der Waals surface area (Å²) < 4.78 is 1.94. The van der Waals surface area contributed by atoms with Crippen LogP contribution >= 0.6 is 0 Å². The second-order valence-electron chi connectivity index (χ2n) is 5.29. The summed E-state index contributed by atoms with van der Waals surface area (Å²) in [6.45, 7) is 4.08. The van der Waals surface area contributed by atoms with Crippen molar-refractivity contribution in [3.8, 4) is 0 Å². The van der Waals surface area contributed by atoms with Crippen LogP contribution < -0.4 is 5.32 Å². The molecule has 5 nitrogen and oxygen atoms in total. The molecular formula is C14H18N4O. The van der Waals surface area contributed by atoms with Crippen molar-refractivity contribution in [2.75, 3.05) is 5.32 Å². The highest BCUT2D eigenvalue weighted by atomic mass is 16.1. The van der Waals surface area contributed by atoms with Crippen LogP contribution in [0.15, 0.2) is 24.8 Å². The minimum atomic E-state index is -0.0997. The predicted octanol–water partition coefficient (Wildman–Crippen LogP) is 2.74. The molecule has 2 N–H and O–H groups in total. The van der Waals surface area contributed by atoms with Crippen molar-refractivity contribution in [2.45, 2.75) is 32.7 Å². The Hall–Kier alpha value is -2.04. The van der Waals surface area contributed by atoms with Crippen LogP contribution in [0, 0.1) is 12.8 Å². The molecule has 0 aromatic carbocycles. The summed E-state index contributed by atoms with van der Waals surface area (Å²) >= 11 is 0. The standard InChI is InChI=1S/C14H18N4O/c1-9-5-15-7-13(9)14(19)17-12-6-16-18(8-12)10(2)11-3-4-11/h5-8,10-11,15H,3-4H2,1-2H3,(H,17,19). The first-order valence-electron chi connectivity index (χ1n) is 6.64. The van der Waals surface area contributed by atoms with Gasteiger partial charge in [0, 0.05) is 18.6 Å². The number of aromatic amines is 1. The number of carbonyl (C=O) groups excluding carboxylic acids is 1. The number of aromatic nitrogens is 3. The number of hydrogen-bond donors (Lipinski definition) is 2. The zero-order valence-corrected chi connectivity index (χ0v) is 11.2. The number of aryl methyl sites for hydroxylation is 1. The lowest BCUT2D eigenvalue weighted by Gasteiger charge is -2.09. The molecule has 0 spiro atoms. The monoisotopic (exact) mass is 258 g/mol. The maximum absolute atomic E-state index is 12.1. The molecule has 1 amide bonds.